The van der Waals surface area contributed by atoms with Crippen molar-refractivity contribution in [3.05, 3.63) is 54.1 Å². The highest BCUT2D eigenvalue weighted by atomic mass is 16.5. The van der Waals surface area contributed by atoms with Crippen LogP contribution in [0.15, 0.2) is 48.5 Å². The molecule has 3 aromatic rings. The third-order valence-corrected chi connectivity index (χ3v) is 4.31. The maximum Gasteiger partial charge on any atom is 0.219 e. The third kappa shape index (κ3) is 2.10. The number of aromatic nitrogens is 1. The number of nitrogens with zero attached hydrogens (tertiary/aromatic N) is 1. The lowest BCUT2D eigenvalue weighted by molar-refractivity contribution is 0.185. The van der Waals surface area contributed by atoms with Gasteiger partial charge in [-0.1, -0.05) is 36.4 Å². The molecule has 0 saturated heterocycles. The Balaban J connectivity index is 1.90. The van der Waals surface area contributed by atoms with Crippen LogP contribution in [0.1, 0.15) is 18.9 Å². The van der Waals surface area contributed by atoms with Crippen LogP contribution in [0.5, 0.6) is 5.88 Å². The molecule has 1 aromatic heterocycles. The zero-order valence-corrected chi connectivity index (χ0v) is 12.5. The van der Waals surface area contributed by atoms with E-state index >= 15 is 0 Å². The molecule has 2 heterocycles. The van der Waals surface area contributed by atoms with Crippen LogP contribution in [0.25, 0.3) is 22.0 Å². The summed E-state index contributed by atoms with van der Waals surface area (Å²) in [4.78, 5) is 4.66. The second kappa shape index (κ2) is 5.02. The fourth-order valence-electron chi connectivity index (χ4n) is 3.05. The van der Waals surface area contributed by atoms with E-state index in [1.807, 2.05) is 24.3 Å². The van der Waals surface area contributed by atoms with E-state index < -0.39 is 0 Å². The summed E-state index contributed by atoms with van der Waals surface area (Å²) >= 11 is 0. The zero-order valence-electron chi connectivity index (χ0n) is 12.5. The molecule has 3 heteroatoms. The lowest BCUT2D eigenvalue weighted by Gasteiger charge is -2.24. The topological polar surface area (TPSA) is 48.1 Å². The van der Waals surface area contributed by atoms with Crippen molar-refractivity contribution in [2.75, 3.05) is 5.73 Å². The maximum absolute atomic E-state index is 6.41. The van der Waals surface area contributed by atoms with Crippen LogP contribution in [0.2, 0.25) is 0 Å². The normalized spacial score (nSPS) is 17.0. The Morgan fingerprint density at radius 3 is 2.73 bits per heavy atom. The van der Waals surface area contributed by atoms with Crippen LogP contribution in [-0.2, 0) is 6.42 Å². The third-order valence-electron chi connectivity index (χ3n) is 4.31. The van der Waals surface area contributed by atoms with Gasteiger partial charge >= 0.3 is 0 Å². The zero-order chi connectivity index (χ0) is 15.1. The summed E-state index contributed by atoms with van der Waals surface area (Å²) in [5.41, 5.74) is 11.5. The summed E-state index contributed by atoms with van der Waals surface area (Å²) in [5, 5.41) is 1.01. The van der Waals surface area contributed by atoms with E-state index in [-0.39, 0.29) is 6.10 Å². The van der Waals surface area contributed by atoms with E-state index in [2.05, 4.69) is 36.2 Å². The number of hydrogen-bond donors (Lipinski definition) is 1. The highest BCUT2D eigenvalue weighted by Gasteiger charge is 2.21. The predicted molar refractivity (Wildman–Crippen MR) is 90.0 cm³/mol. The van der Waals surface area contributed by atoms with Crippen molar-refractivity contribution in [1.82, 2.24) is 4.98 Å². The number of nitrogens with two attached hydrogens (primary N) is 1. The van der Waals surface area contributed by atoms with Gasteiger partial charge in [-0.3, -0.25) is 0 Å². The fraction of sp³-hybridized carbons (Fsp3) is 0.211. The van der Waals surface area contributed by atoms with Crippen LogP contribution in [-0.4, -0.2) is 11.1 Å². The molecule has 0 saturated carbocycles. The smallest absolute Gasteiger partial charge is 0.219 e. The van der Waals surface area contributed by atoms with Gasteiger partial charge in [0.2, 0.25) is 5.88 Å². The van der Waals surface area contributed by atoms with E-state index in [0.717, 1.165) is 40.6 Å². The average molecular weight is 290 g/mol. The Kier molecular flexibility index (Phi) is 3.00. The lowest BCUT2D eigenvalue weighted by Crippen LogP contribution is -2.21. The molecule has 1 aliphatic heterocycles. The molecule has 2 aromatic carbocycles. The monoisotopic (exact) mass is 290 g/mol. The van der Waals surface area contributed by atoms with Gasteiger partial charge in [-0.25, -0.2) is 4.98 Å². The Labute approximate surface area is 129 Å². The number of rotatable bonds is 1. The van der Waals surface area contributed by atoms with Crippen molar-refractivity contribution < 1.29 is 4.74 Å². The van der Waals surface area contributed by atoms with Gasteiger partial charge in [-0.05, 0) is 43.0 Å². The predicted octanol–water partition coefficient (Wildman–Crippen LogP) is 4.20. The number of fused-ring (bicyclic) bond motifs is 2. The highest BCUT2D eigenvalue weighted by molar-refractivity contribution is 5.95. The van der Waals surface area contributed by atoms with Crippen molar-refractivity contribution in [2.24, 2.45) is 0 Å². The molecule has 1 atom stereocenters. The maximum atomic E-state index is 6.41. The summed E-state index contributed by atoms with van der Waals surface area (Å²) in [6, 6.07) is 16.6. The largest absolute Gasteiger partial charge is 0.474 e. The molecule has 0 spiro atoms. The number of nitrogen functional groups attached to an aromatic ring is 1. The molecule has 1 unspecified atom stereocenters. The van der Waals surface area contributed by atoms with Crippen molar-refractivity contribution in [2.45, 2.75) is 25.9 Å². The Bertz CT molecular complexity index is 843. The molecule has 0 fully saturated rings. The molecule has 2 N–H and O–H groups in total. The van der Waals surface area contributed by atoms with Crippen LogP contribution in [0.4, 0.5) is 5.69 Å². The lowest BCUT2D eigenvalue weighted by atomic mass is 9.98. The molecule has 0 bridgehead atoms. The van der Waals surface area contributed by atoms with Gasteiger partial charge in [0.05, 0.1) is 11.6 Å². The number of ether oxygens (including phenoxy) is 1. The van der Waals surface area contributed by atoms with Crippen molar-refractivity contribution >= 4 is 16.6 Å². The summed E-state index contributed by atoms with van der Waals surface area (Å²) in [5.74, 6) is 0.705. The van der Waals surface area contributed by atoms with Gasteiger partial charge in [-0.2, -0.15) is 0 Å². The number of anilines is 1. The van der Waals surface area contributed by atoms with Crippen molar-refractivity contribution in [1.29, 1.82) is 0 Å². The molecule has 3 nitrogen and oxygen atoms in total. The SMILES string of the molecule is CC1CCc2c(nc3ccc(-c4ccccc4)cc3c2N)O1. The number of pyridine rings is 1. The standard InChI is InChI=1S/C19H18N2O/c1-12-7-9-15-18(20)16-11-14(13-5-3-2-4-6-13)8-10-17(16)21-19(15)22-12/h2-6,8,10-12H,7,9H2,1H3,(H2,20,21). The minimum absolute atomic E-state index is 0.209. The quantitative estimate of drug-likeness (QED) is 0.730. The van der Waals surface area contributed by atoms with Gasteiger partial charge in [0.15, 0.2) is 0 Å². The first-order valence-corrected chi connectivity index (χ1v) is 7.66. The second-order valence-electron chi connectivity index (χ2n) is 5.87. The second-order valence-corrected chi connectivity index (χ2v) is 5.87. The first-order valence-electron chi connectivity index (χ1n) is 7.66. The van der Waals surface area contributed by atoms with E-state index in [9.17, 15) is 0 Å². The molecule has 0 amide bonds. The van der Waals surface area contributed by atoms with Crippen molar-refractivity contribution in [3.8, 4) is 17.0 Å². The fourth-order valence-corrected chi connectivity index (χ4v) is 3.05. The van der Waals surface area contributed by atoms with Crippen LogP contribution in [0, 0.1) is 0 Å². The van der Waals surface area contributed by atoms with Crippen LogP contribution < -0.4 is 10.5 Å². The van der Waals surface area contributed by atoms with Gasteiger partial charge in [0, 0.05) is 16.6 Å². The summed E-state index contributed by atoms with van der Waals surface area (Å²) in [6.45, 7) is 2.07. The minimum atomic E-state index is 0.209. The van der Waals surface area contributed by atoms with E-state index in [0.29, 0.717) is 5.88 Å². The van der Waals surface area contributed by atoms with Gasteiger partial charge in [0.25, 0.3) is 0 Å². The van der Waals surface area contributed by atoms with Crippen molar-refractivity contribution in [3.63, 3.8) is 0 Å². The van der Waals surface area contributed by atoms with E-state index in [4.69, 9.17) is 10.5 Å². The molecule has 1 aliphatic rings. The first kappa shape index (κ1) is 13.1. The van der Waals surface area contributed by atoms with Gasteiger partial charge in [0.1, 0.15) is 0 Å². The molecule has 0 aliphatic carbocycles. The number of hydrogen-bond acceptors (Lipinski definition) is 3. The highest BCUT2D eigenvalue weighted by Crippen LogP contribution is 2.36. The van der Waals surface area contributed by atoms with E-state index in [1.54, 1.807) is 0 Å². The summed E-state index contributed by atoms with van der Waals surface area (Å²) in [7, 11) is 0. The molecule has 22 heavy (non-hydrogen) atoms. The molecular formula is C19H18N2O. The number of benzene rings is 2. The van der Waals surface area contributed by atoms with E-state index in [1.165, 1.54) is 5.56 Å². The van der Waals surface area contributed by atoms with Gasteiger partial charge < -0.3 is 10.5 Å². The minimum Gasteiger partial charge on any atom is -0.474 e. The van der Waals surface area contributed by atoms with Gasteiger partial charge in [-0.15, -0.1) is 0 Å². The molecule has 110 valence electrons. The summed E-state index contributed by atoms with van der Waals surface area (Å²) in [6.07, 6.45) is 2.13. The summed E-state index contributed by atoms with van der Waals surface area (Å²) < 4.78 is 5.84. The first-order chi connectivity index (χ1) is 10.7. The average Bonchev–Trinajstić information content (AvgIpc) is 2.55. The Morgan fingerprint density at radius 2 is 1.91 bits per heavy atom. The molecular weight excluding hydrogens is 272 g/mol. The molecule has 4 rings (SSSR count). The molecule has 0 radical (unpaired) electrons. The Morgan fingerprint density at radius 1 is 1.09 bits per heavy atom. The van der Waals surface area contributed by atoms with Crippen LogP contribution >= 0.6 is 0 Å². The van der Waals surface area contributed by atoms with Crippen LogP contribution in [0.3, 0.4) is 0 Å². The Hall–Kier alpha value is -2.55.